The number of nitrogens with one attached hydrogen (secondary N) is 2. The van der Waals surface area contributed by atoms with Gasteiger partial charge in [0.25, 0.3) is 0 Å². The van der Waals surface area contributed by atoms with Crippen LogP contribution in [0.15, 0.2) is 29.2 Å². The molecule has 2 N–H and O–H groups in total. The highest BCUT2D eigenvalue weighted by molar-refractivity contribution is 7.89. The molecule has 0 heterocycles. The lowest BCUT2D eigenvalue weighted by molar-refractivity contribution is 0.485. The van der Waals surface area contributed by atoms with Gasteiger partial charge in [0.2, 0.25) is 10.0 Å². The van der Waals surface area contributed by atoms with Gasteiger partial charge >= 0.3 is 0 Å². The fourth-order valence-electron chi connectivity index (χ4n) is 1.15. The molecule has 0 saturated heterocycles. The Balaban J connectivity index is 2.74. The fourth-order valence-corrected chi connectivity index (χ4v) is 2.18. The first kappa shape index (κ1) is 13.1. The van der Waals surface area contributed by atoms with E-state index in [4.69, 9.17) is 0 Å². The van der Waals surface area contributed by atoms with E-state index in [1.165, 1.54) is 24.3 Å². The van der Waals surface area contributed by atoms with E-state index in [1.54, 1.807) is 7.05 Å². The zero-order chi connectivity index (χ0) is 12.0. The van der Waals surface area contributed by atoms with Crippen molar-refractivity contribution in [2.75, 3.05) is 20.1 Å². The van der Waals surface area contributed by atoms with Gasteiger partial charge in [-0.2, -0.15) is 0 Å². The lowest BCUT2D eigenvalue weighted by Gasteiger charge is -2.06. The molecule has 0 saturated carbocycles. The molecule has 0 unspecified atom stereocenters. The second-order valence-corrected chi connectivity index (χ2v) is 5.05. The van der Waals surface area contributed by atoms with Crippen molar-refractivity contribution >= 4 is 10.0 Å². The summed E-state index contributed by atoms with van der Waals surface area (Å²) in [6.45, 7) is 0.291. The van der Waals surface area contributed by atoms with Gasteiger partial charge in [-0.3, -0.25) is 0 Å². The molecule has 0 amide bonds. The van der Waals surface area contributed by atoms with Gasteiger partial charge in [0, 0.05) is 13.1 Å². The Labute approximate surface area is 94.9 Å². The highest BCUT2D eigenvalue weighted by atomic mass is 32.2. The molecule has 4 nitrogen and oxygen atoms in total. The second kappa shape index (κ2) is 5.93. The molecule has 90 valence electrons. The van der Waals surface area contributed by atoms with Gasteiger partial charge in [-0.05, 0) is 24.7 Å². The van der Waals surface area contributed by atoms with Crippen LogP contribution in [0.5, 0.6) is 0 Å². The predicted molar refractivity (Wildman–Crippen MR) is 60.4 cm³/mol. The van der Waals surface area contributed by atoms with E-state index in [1.807, 2.05) is 0 Å². The highest BCUT2D eigenvalue weighted by Crippen LogP contribution is 2.10. The van der Waals surface area contributed by atoms with Crippen molar-refractivity contribution in [2.45, 2.75) is 11.6 Å². The first-order valence-corrected chi connectivity index (χ1v) is 6.37. The summed E-state index contributed by atoms with van der Waals surface area (Å²) < 4.78 is 38.0. The SMILES string of the molecule is CNCCNS(=O)(=O)c1ccc(CF)cc1. The van der Waals surface area contributed by atoms with E-state index in [0.29, 0.717) is 18.7 Å². The number of hydrogen-bond acceptors (Lipinski definition) is 3. The maximum absolute atomic E-state index is 12.2. The van der Waals surface area contributed by atoms with Crippen molar-refractivity contribution < 1.29 is 12.8 Å². The molecule has 1 aromatic rings. The quantitative estimate of drug-likeness (QED) is 0.725. The molecule has 0 aliphatic heterocycles. The van der Waals surface area contributed by atoms with E-state index in [-0.39, 0.29) is 4.90 Å². The van der Waals surface area contributed by atoms with Crippen LogP contribution in [0.2, 0.25) is 0 Å². The van der Waals surface area contributed by atoms with Gasteiger partial charge in [-0.1, -0.05) is 12.1 Å². The number of sulfonamides is 1. The zero-order valence-electron chi connectivity index (χ0n) is 9.03. The number of hydrogen-bond donors (Lipinski definition) is 2. The van der Waals surface area contributed by atoms with Crippen LogP contribution in [0.3, 0.4) is 0 Å². The molecule has 0 fully saturated rings. The van der Waals surface area contributed by atoms with Crippen LogP contribution in [-0.2, 0) is 16.7 Å². The molecule has 0 aliphatic rings. The van der Waals surface area contributed by atoms with E-state index in [9.17, 15) is 12.8 Å². The third-order valence-corrected chi connectivity index (χ3v) is 3.53. The van der Waals surface area contributed by atoms with Crippen LogP contribution in [-0.4, -0.2) is 28.6 Å². The molecular formula is C10H15FN2O2S. The first-order chi connectivity index (χ1) is 7.60. The molecule has 0 spiro atoms. The maximum atomic E-state index is 12.2. The molecule has 0 atom stereocenters. The molecule has 0 aliphatic carbocycles. The second-order valence-electron chi connectivity index (χ2n) is 3.28. The van der Waals surface area contributed by atoms with Crippen LogP contribution < -0.4 is 10.0 Å². The molecule has 6 heteroatoms. The van der Waals surface area contributed by atoms with Gasteiger partial charge in [0.1, 0.15) is 6.67 Å². The largest absolute Gasteiger partial charge is 0.318 e. The van der Waals surface area contributed by atoms with Gasteiger partial charge in [0.05, 0.1) is 4.90 Å². The van der Waals surface area contributed by atoms with Crippen molar-refractivity contribution in [3.8, 4) is 0 Å². The van der Waals surface area contributed by atoms with Crippen molar-refractivity contribution in [1.82, 2.24) is 10.0 Å². The van der Waals surface area contributed by atoms with E-state index < -0.39 is 16.7 Å². The molecule has 0 radical (unpaired) electrons. The van der Waals surface area contributed by atoms with Crippen molar-refractivity contribution in [1.29, 1.82) is 0 Å². The third kappa shape index (κ3) is 3.55. The van der Waals surface area contributed by atoms with Crippen molar-refractivity contribution in [3.63, 3.8) is 0 Å². The number of alkyl halides is 1. The van der Waals surface area contributed by atoms with Crippen LogP contribution >= 0.6 is 0 Å². The van der Waals surface area contributed by atoms with Gasteiger partial charge in [-0.15, -0.1) is 0 Å². The normalized spacial score (nSPS) is 11.6. The van der Waals surface area contributed by atoms with Crippen molar-refractivity contribution in [2.24, 2.45) is 0 Å². The molecule has 1 aromatic carbocycles. The Morgan fingerprint density at radius 2 is 1.81 bits per heavy atom. The number of rotatable bonds is 6. The highest BCUT2D eigenvalue weighted by Gasteiger charge is 2.12. The van der Waals surface area contributed by atoms with E-state index >= 15 is 0 Å². The van der Waals surface area contributed by atoms with Gasteiger partial charge in [-0.25, -0.2) is 17.5 Å². The number of benzene rings is 1. The molecule has 1 rings (SSSR count). The average molecular weight is 246 g/mol. The summed E-state index contributed by atoms with van der Waals surface area (Å²) in [7, 11) is -1.73. The lowest BCUT2D eigenvalue weighted by atomic mass is 10.2. The van der Waals surface area contributed by atoms with Crippen LogP contribution in [0.1, 0.15) is 5.56 Å². The Bertz CT molecular complexity index is 417. The Morgan fingerprint density at radius 1 is 1.19 bits per heavy atom. The Morgan fingerprint density at radius 3 is 2.31 bits per heavy atom. The Kier molecular flexibility index (Phi) is 4.85. The minimum Gasteiger partial charge on any atom is -0.318 e. The smallest absolute Gasteiger partial charge is 0.240 e. The van der Waals surface area contributed by atoms with Crippen LogP contribution in [0.25, 0.3) is 0 Å². The zero-order valence-corrected chi connectivity index (χ0v) is 9.85. The molecule has 0 bridgehead atoms. The summed E-state index contributed by atoms with van der Waals surface area (Å²) >= 11 is 0. The summed E-state index contributed by atoms with van der Waals surface area (Å²) in [5.41, 5.74) is 0.467. The standard InChI is InChI=1S/C10H15FN2O2S/c1-12-6-7-13-16(14,15)10-4-2-9(8-11)3-5-10/h2-5,12-13H,6-8H2,1H3. The minimum absolute atomic E-state index is 0.154. The fraction of sp³-hybridized carbons (Fsp3) is 0.400. The monoisotopic (exact) mass is 246 g/mol. The maximum Gasteiger partial charge on any atom is 0.240 e. The van der Waals surface area contributed by atoms with Crippen LogP contribution in [0, 0.1) is 0 Å². The van der Waals surface area contributed by atoms with E-state index in [0.717, 1.165) is 0 Å². The molecular weight excluding hydrogens is 231 g/mol. The Hall–Kier alpha value is -0.980. The predicted octanol–water partition coefficient (Wildman–Crippen LogP) is 0.654. The summed E-state index contributed by atoms with van der Waals surface area (Å²) in [6, 6.07) is 5.73. The van der Waals surface area contributed by atoms with Crippen molar-refractivity contribution in [3.05, 3.63) is 29.8 Å². The van der Waals surface area contributed by atoms with Gasteiger partial charge < -0.3 is 5.32 Å². The number of likely N-dealkylation sites (N-methyl/N-ethyl adjacent to an activating group) is 1. The molecule has 16 heavy (non-hydrogen) atoms. The molecule has 0 aromatic heterocycles. The average Bonchev–Trinajstić information content (AvgIpc) is 2.29. The van der Waals surface area contributed by atoms with Gasteiger partial charge in [0.15, 0.2) is 0 Å². The summed E-state index contributed by atoms with van der Waals surface area (Å²) in [6.07, 6.45) is 0. The number of halogens is 1. The summed E-state index contributed by atoms with van der Waals surface area (Å²) in [4.78, 5) is 0.154. The van der Waals surface area contributed by atoms with Crippen LogP contribution in [0.4, 0.5) is 4.39 Å². The topological polar surface area (TPSA) is 58.2 Å². The van der Waals surface area contributed by atoms with E-state index in [2.05, 4.69) is 10.0 Å². The lowest BCUT2D eigenvalue weighted by Crippen LogP contribution is -2.30. The minimum atomic E-state index is -3.47. The summed E-state index contributed by atoms with van der Waals surface area (Å²) in [5, 5.41) is 2.83. The summed E-state index contributed by atoms with van der Waals surface area (Å²) in [5.74, 6) is 0. The first-order valence-electron chi connectivity index (χ1n) is 4.89. The third-order valence-electron chi connectivity index (χ3n) is 2.06.